The van der Waals surface area contributed by atoms with E-state index in [1.165, 1.54) is 11.1 Å². The molecule has 0 N–H and O–H groups in total. The first kappa shape index (κ1) is 16.4. The topological polar surface area (TPSA) is 52.7 Å². The van der Waals surface area contributed by atoms with Gasteiger partial charge < -0.3 is 0 Å². The van der Waals surface area contributed by atoms with Crippen LogP contribution in [0, 0.1) is 13.8 Å². The summed E-state index contributed by atoms with van der Waals surface area (Å²) >= 11 is 0. The number of aryl methyl sites for hydroxylation is 3. The summed E-state index contributed by atoms with van der Waals surface area (Å²) in [6.07, 6.45) is 2.64. The predicted molar refractivity (Wildman–Crippen MR) is 97.0 cm³/mol. The fourth-order valence-corrected chi connectivity index (χ4v) is 2.94. The standard InChI is InChI=1S/C19H24N4O/c1-6-9-22-19(24)18-16(17(21-22)12(2)3)11-20-23(18)15-8-7-13(4)14(5)10-15/h7-8,10-12H,6,9H2,1-5H3. The normalized spacial score (nSPS) is 11.6. The van der Waals surface area contributed by atoms with Crippen LogP contribution in [0.5, 0.6) is 0 Å². The summed E-state index contributed by atoms with van der Waals surface area (Å²) in [6, 6.07) is 6.14. The Labute approximate surface area is 141 Å². The Morgan fingerprint density at radius 1 is 1.17 bits per heavy atom. The van der Waals surface area contributed by atoms with E-state index in [1.807, 2.05) is 13.0 Å². The van der Waals surface area contributed by atoms with Gasteiger partial charge in [-0.3, -0.25) is 4.79 Å². The molecule has 2 heterocycles. The fourth-order valence-electron chi connectivity index (χ4n) is 2.94. The van der Waals surface area contributed by atoms with Gasteiger partial charge in [0.15, 0.2) is 0 Å². The minimum Gasteiger partial charge on any atom is -0.265 e. The molecule has 5 nitrogen and oxygen atoms in total. The first-order valence-electron chi connectivity index (χ1n) is 8.50. The third-order valence-electron chi connectivity index (χ3n) is 4.43. The lowest BCUT2D eigenvalue weighted by molar-refractivity contribution is 0.553. The molecule has 0 aliphatic heterocycles. The maximum atomic E-state index is 12.9. The summed E-state index contributed by atoms with van der Waals surface area (Å²) < 4.78 is 3.33. The van der Waals surface area contributed by atoms with Gasteiger partial charge in [0.2, 0.25) is 0 Å². The minimum atomic E-state index is -0.0769. The Morgan fingerprint density at radius 2 is 1.92 bits per heavy atom. The van der Waals surface area contributed by atoms with Crippen LogP contribution in [0.15, 0.2) is 29.2 Å². The largest absolute Gasteiger partial charge is 0.293 e. The van der Waals surface area contributed by atoms with E-state index in [0.29, 0.717) is 12.1 Å². The Bertz CT molecular complexity index is 950. The van der Waals surface area contributed by atoms with Gasteiger partial charge in [0.25, 0.3) is 5.56 Å². The van der Waals surface area contributed by atoms with Crippen LogP contribution in [-0.2, 0) is 6.54 Å². The van der Waals surface area contributed by atoms with Crippen LogP contribution in [0.4, 0.5) is 0 Å². The van der Waals surface area contributed by atoms with Gasteiger partial charge in [-0.05, 0) is 49.4 Å². The molecular formula is C19H24N4O. The van der Waals surface area contributed by atoms with Gasteiger partial charge in [-0.2, -0.15) is 10.2 Å². The van der Waals surface area contributed by atoms with E-state index in [-0.39, 0.29) is 11.5 Å². The molecule has 0 saturated heterocycles. The molecule has 0 amide bonds. The maximum absolute atomic E-state index is 12.9. The Balaban J connectivity index is 2.34. The maximum Gasteiger partial charge on any atom is 0.293 e. The number of aromatic nitrogens is 4. The summed E-state index contributed by atoms with van der Waals surface area (Å²) in [5, 5.41) is 9.93. The molecule has 126 valence electrons. The summed E-state index contributed by atoms with van der Waals surface area (Å²) in [5.74, 6) is 0.230. The highest BCUT2D eigenvalue weighted by Crippen LogP contribution is 2.23. The van der Waals surface area contributed by atoms with Gasteiger partial charge >= 0.3 is 0 Å². The van der Waals surface area contributed by atoms with Gasteiger partial charge in [0.05, 0.1) is 17.6 Å². The van der Waals surface area contributed by atoms with E-state index in [2.05, 4.69) is 50.0 Å². The second-order valence-electron chi connectivity index (χ2n) is 6.66. The van der Waals surface area contributed by atoms with Crippen molar-refractivity contribution in [1.29, 1.82) is 0 Å². The fraction of sp³-hybridized carbons (Fsp3) is 0.421. The highest BCUT2D eigenvalue weighted by Gasteiger charge is 2.18. The zero-order chi connectivity index (χ0) is 17.4. The van der Waals surface area contributed by atoms with Crippen molar-refractivity contribution < 1.29 is 0 Å². The van der Waals surface area contributed by atoms with E-state index in [0.717, 1.165) is 23.2 Å². The summed E-state index contributed by atoms with van der Waals surface area (Å²) in [7, 11) is 0. The average molecular weight is 324 g/mol. The zero-order valence-electron chi connectivity index (χ0n) is 15.0. The molecular weight excluding hydrogens is 300 g/mol. The SMILES string of the molecule is CCCn1nc(C(C)C)c2cnn(-c3ccc(C)c(C)c3)c2c1=O. The zero-order valence-corrected chi connectivity index (χ0v) is 15.0. The molecule has 2 aromatic heterocycles. The first-order valence-corrected chi connectivity index (χ1v) is 8.50. The van der Waals surface area contributed by atoms with E-state index >= 15 is 0 Å². The lowest BCUT2D eigenvalue weighted by atomic mass is 10.1. The molecule has 1 aromatic carbocycles. The lowest BCUT2D eigenvalue weighted by Crippen LogP contribution is -2.26. The number of hydrogen-bond acceptors (Lipinski definition) is 3. The van der Waals surface area contributed by atoms with E-state index < -0.39 is 0 Å². The lowest BCUT2D eigenvalue weighted by Gasteiger charge is -2.12. The van der Waals surface area contributed by atoms with Crippen molar-refractivity contribution in [3.8, 4) is 5.69 Å². The van der Waals surface area contributed by atoms with Crippen molar-refractivity contribution in [2.75, 3.05) is 0 Å². The highest BCUT2D eigenvalue weighted by molar-refractivity contribution is 5.82. The number of nitrogens with zero attached hydrogens (tertiary/aromatic N) is 4. The van der Waals surface area contributed by atoms with Crippen LogP contribution in [0.1, 0.15) is 49.9 Å². The average Bonchev–Trinajstić information content (AvgIpc) is 2.98. The molecule has 0 bridgehead atoms. The molecule has 0 saturated carbocycles. The Morgan fingerprint density at radius 3 is 2.54 bits per heavy atom. The summed E-state index contributed by atoms with van der Waals surface area (Å²) in [4.78, 5) is 12.9. The van der Waals surface area contributed by atoms with Crippen LogP contribution in [0.25, 0.3) is 16.6 Å². The van der Waals surface area contributed by atoms with Gasteiger partial charge in [-0.25, -0.2) is 9.36 Å². The second kappa shape index (κ2) is 6.23. The quantitative estimate of drug-likeness (QED) is 0.735. The van der Waals surface area contributed by atoms with Crippen LogP contribution in [0.2, 0.25) is 0 Å². The number of fused-ring (bicyclic) bond motifs is 1. The van der Waals surface area contributed by atoms with Crippen LogP contribution in [-0.4, -0.2) is 19.6 Å². The number of hydrogen-bond donors (Lipinski definition) is 0. The molecule has 24 heavy (non-hydrogen) atoms. The summed E-state index contributed by atoms with van der Waals surface area (Å²) in [5.41, 5.74) is 4.78. The van der Waals surface area contributed by atoms with Crippen molar-refractivity contribution in [3.63, 3.8) is 0 Å². The van der Waals surface area contributed by atoms with Crippen molar-refractivity contribution in [1.82, 2.24) is 19.6 Å². The molecule has 0 aliphatic carbocycles. The second-order valence-corrected chi connectivity index (χ2v) is 6.66. The molecule has 0 aliphatic rings. The molecule has 0 atom stereocenters. The molecule has 0 fully saturated rings. The predicted octanol–water partition coefficient (Wildman–Crippen LogP) is 3.73. The van der Waals surface area contributed by atoms with E-state index in [1.54, 1.807) is 15.6 Å². The Hall–Kier alpha value is -2.43. The smallest absolute Gasteiger partial charge is 0.265 e. The van der Waals surface area contributed by atoms with Crippen LogP contribution in [0.3, 0.4) is 0 Å². The van der Waals surface area contributed by atoms with Crippen LogP contribution >= 0.6 is 0 Å². The monoisotopic (exact) mass is 324 g/mol. The van der Waals surface area contributed by atoms with E-state index in [9.17, 15) is 4.79 Å². The van der Waals surface area contributed by atoms with Gasteiger partial charge in [-0.1, -0.05) is 26.8 Å². The minimum absolute atomic E-state index is 0.0769. The molecule has 5 heteroatoms. The molecule has 3 rings (SSSR count). The van der Waals surface area contributed by atoms with Crippen LogP contribution < -0.4 is 5.56 Å². The number of rotatable bonds is 4. The van der Waals surface area contributed by atoms with Crippen molar-refractivity contribution in [3.05, 3.63) is 51.6 Å². The third kappa shape index (κ3) is 2.64. The summed E-state index contributed by atoms with van der Waals surface area (Å²) in [6.45, 7) is 11.0. The van der Waals surface area contributed by atoms with Crippen molar-refractivity contribution >= 4 is 10.9 Å². The Kier molecular flexibility index (Phi) is 4.26. The number of benzene rings is 1. The van der Waals surface area contributed by atoms with Gasteiger partial charge in [0, 0.05) is 11.9 Å². The first-order chi connectivity index (χ1) is 11.4. The molecule has 0 spiro atoms. The van der Waals surface area contributed by atoms with Crippen molar-refractivity contribution in [2.45, 2.75) is 53.5 Å². The van der Waals surface area contributed by atoms with Gasteiger partial charge in [-0.15, -0.1) is 0 Å². The van der Waals surface area contributed by atoms with E-state index in [4.69, 9.17) is 0 Å². The molecule has 0 radical (unpaired) electrons. The molecule has 0 unspecified atom stereocenters. The van der Waals surface area contributed by atoms with Crippen molar-refractivity contribution in [2.24, 2.45) is 0 Å². The molecule has 3 aromatic rings. The highest BCUT2D eigenvalue weighted by atomic mass is 16.1. The third-order valence-corrected chi connectivity index (χ3v) is 4.43. The van der Waals surface area contributed by atoms with Gasteiger partial charge in [0.1, 0.15) is 5.52 Å².